The summed E-state index contributed by atoms with van der Waals surface area (Å²) in [5.41, 5.74) is -0.0861. The van der Waals surface area contributed by atoms with E-state index in [2.05, 4.69) is 5.32 Å². The number of nitrogens with one attached hydrogen (secondary N) is 1. The van der Waals surface area contributed by atoms with Crippen LogP contribution < -0.4 is 14.8 Å². The van der Waals surface area contributed by atoms with E-state index in [1.165, 1.54) is 23.9 Å². The fourth-order valence-corrected chi connectivity index (χ4v) is 3.40. The maximum Gasteiger partial charge on any atom is 0.416 e. The van der Waals surface area contributed by atoms with E-state index in [9.17, 15) is 18.0 Å². The smallest absolute Gasteiger partial charge is 0.416 e. The Bertz CT molecular complexity index is 929. The van der Waals surface area contributed by atoms with Gasteiger partial charge >= 0.3 is 6.18 Å². The van der Waals surface area contributed by atoms with E-state index >= 15 is 0 Å². The van der Waals surface area contributed by atoms with Crippen molar-refractivity contribution in [2.75, 3.05) is 13.2 Å². The number of carbonyl (C=O) groups is 1. The number of halogens is 3. The van der Waals surface area contributed by atoms with Gasteiger partial charge in [-0.25, -0.2) is 0 Å². The third-order valence-corrected chi connectivity index (χ3v) is 4.78. The van der Waals surface area contributed by atoms with Crippen molar-refractivity contribution < 1.29 is 27.4 Å². The van der Waals surface area contributed by atoms with Crippen LogP contribution in [-0.4, -0.2) is 23.4 Å². The number of hydrogen-bond donors (Lipinski definition) is 1. The minimum atomic E-state index is -4.42. The fraction of sp³-hybridized carbons (Fsp3) is 0.158. The van der Waals surface area contributed by atoms with E-state index in [1.54, 1.807) is 30.3 Å². The van der Waals surface area contributed by atoms with Gasteiger partial charge in [-0.15, -0.1) is 0 Å². The zero-order valence-corrected chi connectivity index (χ0v) is 15.9. The average molecular weight is 425 g/mol. The first-order chi connectivity index (χ1) is 13.3. The summed E-state index contributed by atoms with van der Waals surface area (Å²) in [4.78, 5) is 12.2. The highest BCUT2D eigenvalue weighted by Gasteiger charge is 2.30. The summed E-state index contributed by atoms with van der Waals surface area (Å²) in [5, 5.41) is 2.54. The van der Waals surface area contributed by atoms with Gasteiger partial charge in [-0.1, -0.05) is 48.2 Å². The van der Waals surface area contributed by atoms with Crippen LogP contribution in [0, 0.1) is 0 Å². The molecule has 0 saturated carbocycles. The highest BCUT2D eigenvalue weighted by Crippen LogP contribution is 2.31. The summed E-state index contributed by atoms with van der Waals surface area (Å²) in [5.74, 6) is 0.368. The van der Waals surface area contributed by atoms with Gasteiger partial charge < -0.3 is 14.8 Å². The first-order valence-electron chi connectivity index (χ1n) is 8.10. The topological polar surface area (TPSA) is 47.6 Å². The van der Waals surface area contributed by atoms with Crippen LogP contribution in [-0.2, 0) is 11.0 Å². The molecule has 1 saturated heterocycles. The Morgan fingerprint density at radius 1 is 1.07 bits per heavy atom. The number of benzene rings is 2. The van der Waals surface area contributed by atoms with Crippen molar-refractivity contribution in [2.24, 2.45) is 0 Å². The predicted molar refractivity (Wildman–Crippen MR) is 105 cm³/mol. The lowest BCUT2D eigenvalue weighted by Crippen LogP contribution is -2.17. The Morgan fingerprint density at radius 3 is 2.54 bits per heavy atom. The molecule has 1 heterocycles. The van der Waals surface area contributed by atoms with E-state index in [1.807, 2.05) is 0 Å². The number of amides is 1. The highest BCUT2D eigenvalue weighted by atomic mass is 32.2. The van der Waals surface area contributed by atoms with Gasteiger partial charge in [0.15, 0.2) is 0 Å². The molecule has 28 heavy (non-hydrogen) atoms. The van der Waals surface area contributed by atoms with Crippen molar-refractivity contribution in [1.82, 2.24) is 5.32 Å². The molecule has 2 aromatic carbocycles. The lowest BCUT2D eigenvalue weighted by molar-refractivity contribution is -0.137. The summed E-state index contributed by atoms with van der Waals surface area (Å²) in [6.45, 7) is 0.180. The number of para-hydroxylation sites is 1. The van der Waals surface area contributed by atoms with Crippen LogP contribution in [0.15, 0.2) is 53.4 Å². The maximum absolute atomic E-state index is 12.7. The number of thioether (sulfide) groups is 1. The predicted octanol–water partition coefficient (Wildman–Crippen LogP) is 4.65. The molecule has 0 bridgehead atoms. The molecule has 1 amide bonds. The average Bonchev–Trinajstić information content (AvgIpc) is 2.96. The van der Waals surface area contributed by atoms with Crippen LogP contribution >= 0.6 is 24.0 Å². The minimum Gasteiger partial charge on any atom is -0.490 e. The number of thiocarbonyl (C=S) groups is 1. The number of carbonyl (C=O) groups excluding carboxylic acids is 1. The van der Waals surface area contributed by atoms with Crippen LogP contribution in [0.5, 0.6) is 11.5 Å². The molecular formula is C19H14F3NO3S2. The summed E-state index contributed by atoms with van der Waals surface area (Å²) < 4.78 is 49.5. The molecule has 4 nitrogen and oxygen atoms in total. The monoisotopic (exact) mass is 425 g/mol. The summed E-state index contributed by atoms with van der Waals surface area (Å²) in [6, 6.07) is 11.7. The van der Waals surface area contributed by atoms with Crippen LogP contribution in [0.2, 0.25) is 0 Å². The molecule has 0 atom stereocenters. The van der Waals surface area contributed by atoms with Crippen molar-refractivity contribution in [3.8, 4) is 11.5 Å². The Morgan fingerprint density at radius 2 is 1.82 bits per heavy atom. The molecule has 0 aromatic heterocycles. The van der Waals surface area contributed by atoms with Gasteiger partial charge in [0.05, 0.1) is 10.5 Å². The zero-order valence-electron chi connectivity index (χ0n) is 14.3. The molecule has 0 radical (unpaired) electrons. The molecule has 1 N–H and O–H groups in total. The number of rotatable bonds is 6. The molecular weight excluding hydrogens is 411 g/mol. The van der Waals surface area contributed by atoms with E-state index in [-0.39, 0.29) is 24.9 Å². The minimum absolute atomic E-state index is 0.0610. The van der Waals surface area contributed by atoms with Gasteiger partial charge in [0.2, 0.25) is 0 Å². The maximum atomic E-state index is 12.7. The molecule has 2 aromatic rings. The molecule has 1 aliphatic rings. The van der Waals surface area contributed by atoms with Crippen molar-refractivity contribution in [2.45, 2.75) is 6.18 Å². The first kappa shape index (κ1) is 20.2. The summed E-state index contributed by atoms with van der Waals surface area (Å²) in [6.07, 6.45) is -2.75. The Balaban J connectivity index is 1.60. The largest absolute Gasteiger partial charge is 0.490 e. The second-order valence-electron chi connectivity index (χ2n) is 5.61. The molecule has 3 rings (SSSR count). The Labute approximate surface area is 168 Å². The van der Waals surface area contributed by atoms with Crippen molar-refractivity contribution in [1.29, 1.82) is 0 Å². The van der Waals surface area contributed by atoms with Gasteiger partial charge in [0.1, 0.15) is 29.0 Å². The van der Waals surface area contributed by atoms with Gasteiger partial charge in [-0.3, -0.25) is 4.79 Å². The van der Waals surface area contributed by atoms with Crippen molar-refractivity contribution in [3.63, 3.8) is 0 Å². The number of hydrogen-bond acceptors (Lipinski definition) is 5. The first-order valence-corrected chi connectivity index (χ1v) is 9.32. The lowest BCUT2D eigenvalue weighted by atomic mass is 10.2. The molecule has 0 unspecified atom stereocenters. The van der Waals surface area contributed by atoms with Crippen LogP contribution in [0.25, 0.3) is 6.08 Å². The van der Waals surface area contributed by atoms with E-state index in [0.29, 0.717) is 20.5 Å². The SMILES string of the molecule is O=C1NC(=S)S/C1=C\c1ccccc1OCCOc1cccc(C(F)(F)F)c1. The van der Waals surface area contributed by atoms with Gasteiger partial charge in [0.25, 0.3) is 5.91 Å². The zero-order chi connectivity index (χ0) is 20.1. The standard InChI is InChI=1S/C19H14F3NO3S2/c20-19(21,22)13-5-3-6-14(11-13)25-8-9-26-15-7-2-1-4-12(15)10-16-17(24)23-18(27)28-16/h1-7,10-11H,8-9H2,(H,23,24,27)/b16-10-. The van der Waals surface area contributed by atoms with Gasteiger partial charge in [0, 0.05) is 5.56 Å². The van der Waals surface area contributed by atoms with Crippen molar-refractivity contribution in [3.05, 3.63) is 64.6 Å². The molecule has 1 aliphatic heterocycles. The van der Waals surface area contributed by atoms with Crippen LogP contribution in [0.4, 0.5) is 13.2 Å². The third-order valence-electron chi connectivity index (χ3n) is 3.62. The molecule has 1 fully saturated rings. The van der Waals surface area contributed by atoms with E-state index < -0.39 is 11.7 Å². The van der Waals surface area contributed by atoms with E-state index in [4.69, 9.17) is 21.7 Å². The normalized spacial score (nSPS) is 15.6. The Hall–Kier alpha value is -2.52. The van der Waals surface area contributed by atoms with E-state index in [0.717, 1.165) is 12.1 Å². The van der Waals surface area contributed by atoms with Crippen LogP contribution in [0.1, 0.15) is 11.1 Å². The molecule has 0 aliphatic carbocycles. The van der Waals surface area contributed by atoms with Gasteiger partial charge in [-0.05, 0) is 30.3 Å². The third kappa shape index (κ3) is 5.26. The van der Waals surface area contributed by atoms with Crippen molar-refractivity contribution >= 4 is 40.3 Å². The second kappa shape index (κ2) is 8.66. The highest BCUT2D eigenvalue weighted by molar-refractivity contribution is 8.26. The number of alkyl halides is 3. The fourth-order valence-electron chi connectivity index (χ4n) is 2.37. The summed E-state index contributed by atoms with van der Waals surface area (Å²) >= 11 is 6.12. The molecule has 146 valence electrons. The van der Waals surface area contributed by atoms with Gasteiger partial charge in [-0.2, -0.15) is 13.2 Å². The molecule has 0 spiro atoms. The van der Waals surface area contributed by atoms with Crippen LogP contribution in [0.3, 0.4) is 0 Å². The lowest BCUT2D eigenvalue weighted by Gasteiger charge is -2.12. The Kier molecular flexibility index (Phi) is 6.25. The summed E-state index contributed by atoms with van der Waals surface area (Å²) in [7, 11) is 0. The number of ether oxygens (including phenoxy) is 2. The second-order valence-corrected chi connectivity index (χ2v) is 7.33. The molecule has 9 heteroatoms. The quantitative estimate of drug-likeness (QED) is 0.415.